The van der Waals surface area contributed by atoms with Gasteiger partial charge in [-0.1, -0.05) is 55.8 Å². The van der Waals surface area contributed by atoms with Gasteiger partial charge in [-0.3, -0.25) is 9.78 Å². The lowest BCUT2D eigenvalue weighted by Gasteiger charge is -2.17. The van der Waals surface area contributed by atoms with Crippen LogP contribution in [0.4, 0.5) is 0 Å². The highest BCUT2D eigenvalue weighted by Crippen LogP contribution is 2.24. The summed E-state index contributed by atoms with van der Waals surface area (Å²) in [5, 5.41) is 10.1. The van der Waals surface area contributed by atoms with Crippen molar-refractivity contribution >= 4 is 5.91 Å². The third-order valence-electron chi connectivity index (χ3n) is 4.81. The van der Waals surface area contributed by atoms with E-state index in [4.69, 9.17) is 0 Å². The lowest BCUT2D eigenvalue weighted by molar-refractivity contribution is 0.0785. The first kappa shape index (κ1) is 19.8. The van der Waals surface area contributed by atoms with Crippen molar-refractivity contribution in [2.24, 2.45) is 0 Å². The van der Waals surface area contributed by atoms with Crippen molar-refractivity contribution in [2.45, 2.75) is 32.4 Å². The molecule has 3 rings (SSSR count). The van der Waals surface area contributed by atoms with Gasteiger partial charge in [0.05, 0.1) is 6.10 Å². The Kier molecular flexibility index (Phi) is 6.56. The minimum atomic E-state index is -0.408. The second kappa shape index (κ2) is 9.29. The maximum Gasteiger partial charge on any atom is 0.253 e. The highest BCUT2D eigenvalue weighted by molar-refractivity contribution is 5.94. The number of amides is 1. The second-order valence-corrected chi connectivity index (χ2v) is 7.03. The zero-order chi connectivity index (χ0) is 19.9. The van der Waals surface area contributed by atoms with Crippen molar-refractivity contribution < 1.29 is 9.90 Å². The van der Waals surface area contributed by atoms with Crippen LogP contribution >= 0.6 is 0 Å². The predicted molar refractivity (Wildman–Crippen MR) is 112 cm³/mol. The van der Waals surface area contributed by atoms with Gasteiger partial charge in [0, 0.05) is 31.5 Å². The van der Waals surface area contributed by atoms with Crippen LogP contribution in [-0.4, -0.2) is 27.9 Å². The zero-order valence-electron chi connectivity index (χ0n) is 16.4. The lowest BCUT2D eigenvalue weighted by atomic mass is 9.99. The molecule has 0 aliphatic heterocycles. The van der Waals surface area contributed by atoms with E-state index in [0.29, 0.717) is 12.1 Å². The molecule has 1 atom stereocenters. The number of hydrogen-bond donors (Lipinski definition) is 1. The first-order valence-electron chi connectivity index (χ1n) is 9.61. The molecule has 0 aliphatic carbocycles. The Morgan fingerprint density at radius 3 is 2.25 bits per heavy atom. The molecular weight excluding hydrogens is 348 g/mol. The molecule has 0 saturated carbocycles. The molecule has 0 spiro atoms. The molecule has 4 heteroatoms. The average molecular weight is 374 g/mol. The van der Waals surface area contributed by atoms with Crippen LogP contribution in [0.25, 0.3) is 11.1 Å². The molecule has 144 valence electrons. The minimum Gasteiger partial charge on any atom is -0.388 e. The van der Waals surface area contributed by atoms with Crippen LogP contribution in [0.15, 0.2) is 73.1 Å². The summed E-state index contributed by atoms with van der Waals surface area (Å²) in [6.45, 7) is 2.59. The van der Waals surface area contributed by atoms with Crippen LogP contribution in [0.5, 0.6) is 0 Å². The van der Waals surface area contributed by atoms with Crippen LogP contribution < -0.4 is 0 Å². The van der Waals surface area contributed by atoms with Crippen molar-refractivity contribution in [3.05, 3.63) is 89.7 Å². The number of aliphatic hydroxyl groups is 1. The number of benzene rings is 2. The summed E-state index contributed by atoms with van der Waals surface area (Å²) in [6, 6.07) is 19.4. The van der Waals surface area contributed by atoms with Crippen molar-refractivity contribution in [3.8, 4) is 11.1 Å². The van der Waals surface area contributed by atoms with Gasteiger partial charge >= 0.3 is 0 Å². The van der Waals surface area contributed by atoms with E-state index in [9.17, 15) is 9.90 Å². The predicted octanol–water partition coefficient (Wildman–Crippen LogP) is 4.85. The smallest absolute Gasteiger partial charge is 0.253 e. The van der Waals surface area contributed by atoms with Gasteiger partial charge in [0.25, 0.3) is 5.91 Å². The summed E-state index contributed by atoms with van der Waals surface area (Å²) in [6.07, 6.45) is 4.81. The van der Waals surface area contributed by atoms with Gasteiger partial charge in [-0.25, -0.2) is 0 Å². The van der Waals surface area contributed by atoms with Gasteiger partial charge in [0.2, 0.25) is 0 Å². The van der Waals surface area contributed by atoms with E-state index in [1.807, 2.05) is 60.7 Å². The van der Waals surface area contributed by atoms with Gasteiger partial charge in [-0.15, -0.1) is 0 Å². The molecule has 4 nitrogen and oxygen atoms in total. The topological polar surface area (TPSA) is 53.4 Å². The molecule has 0 fully saturated rings. The first-order valence-corrected chi connectivity index (χ1v) is 9.61. The summed E-state index contributed by atoms with van der Waals surface area (Å²) in [4.78, 5) is 18.4. The van der Waals surface area contributed by atoms with Crippen LogP contribution in [0.3, 0.4) is 0 Å². The Balaban J connectivity index is 1.68. The minimum absolute atomic E-state index is 0.0200. The lowest BCUT2D eigenvalue weighted by Crippen LogP contribution is -2.26. The van der Waals surface area contributed by atoms with Crippen molar-refractivity contribution in [2.75, 3.05) is 7.05 Å². The Labute approximate surface area is 166 Å². The molecule has 3 aromatic rings. The number of aromatic nitrogens is 1. The number of carbonyl (C=O) groups is 1. The van der Waals surface area contributed by atoms with E-state index in [1.165, 1.54) is 0 Å². The van der Waals surface area contributed by atoms with Gasteiger partial charge in [-0.05, 0) is 46.9 Å². The summed E-state index contributed by atoms with van der Waals surface area (Å²) in [7, 11) is 1.80. The van der Waals surface area contributed by atoms with Crippen LogP contribution in [0.2, 0.25) is 0 Å². The molecule has 1 amide bonds. The maximum absolute atomic E-state index is 12.7. The molecule has 1 unspecified atom stereocenters. The summed E-state index contributed by atoms with van der Waals surface area (Å²) in [5.74, 6) is -0.0200. The monoisotopic (exact) mass is 374 g/mol. The molecule has 1 heterocycles. The fourth-order valence-corrected chi connectivity index (χ4v) is 3.20. The van der Waals surface area contributed by atoms with E-state index in [1.54, 1.807) is 24.3 Å². The Morgan fingerprint density at radius 2 is 1.68 bits per heavy atom. The number of pyridine rings is 1. The summed E-state index contributed by atoms with van der Waals surface area (Å²) in [5.41, 5.74) is 4.71. The molecule has 0 saturated heterocycles. The number of carbonyl (C=O) groups excluding carboxylic acids is 1. The van der Waals surface area contributed by atoms with Gasteiger partial charge in [0.1, 0.15) is 0 Å². The van der Waals surface area contributed by atoms with E-state index < -0.39 is 6.10 Å². The molecule has 0 bridgehead atoms. The highest BCUT2D eigenvalue weighted by Gasteiger charge is 2.12. The molecule has 2 aromatic carbocycles. The van der Waals surface area contributed by atoms with Crippen LogP contribution in [0, 0.1) is 0 Å². The highest BCUT2D eigenvalue weighted by atomic mass is 16.3. The SMILES string of the molecule is CCCC(O)c1ccc(-c2ccc(C(=O)N(C)Cc3cccnc3)cc2)cc1. The third kappa shape index (κ3) is 4.84. The van der Waals surface area contributed by atoms with Crippen LogP contribution in [-0.2, 0) is 6.54 Å². The fourth-order valence-electron chi connectivity index (χ4n) is 3.20. The van der Waals surface area contributed by atoms with E-state index >= 15 is 0 Å². The third-order valence-corrected chi connectivity index (χ3v) is 4.81. The Hall–Kier alpha value is -2.98. The maximum atomic E-state index is 12.7. The molecule has 0 radical (unpaired) electrons. The molecule has 0 aliphatic rings. The number of rotatable bonds is 7. The van der Waals surface area contributed by atoms with E-state index in [-0.39, 0.29) is 5.91 Å². The number of nitrogens with zero attached hydrogens (tertiary/aromatic N) is 2. The quantitative estimate of drug-likeness (QED) is 0.643. The summed E-state index contributed by atoms with van der Waals surface area (Å²) >= 11 is 0. The average Bonchev–Trinajstić information content (AvgIpc) is 2.74. The van der Waals surface area contributed by atoms with Crippen molar-refractivity contribution in [3.63, 3.8) is 0 Å². The molecule has 1 N–H and O–H groups in total. The van der Waals surface area contributed by atoms with E-state index in [0.717, 1.165) is 35.1 Å². The molecule has 28 heavy (non-hydrogen) atoms. The largest absolute Gasteiger partial charge is 0.388 e. The standard InChI is InChI=1S/C24H26N2O2/c1-3-5-23(27)21-11-7-19(8-12-21)20-9-13-22(14-10-20)24(28)26(2)17-18-6-4-15-25-16-18/h4,6-16,23,27H,3,5,17H2,1-2H3. The van der Waals surface area contributed by atoms with Crippen molar-refractivity contribution in [1.29, 1.82) is 0 Å². The summed E-state index contributed by atoms with van der Waals surface area (Å²) < 4.78 is 0. The number of aliphatic hydroxyl groups excluding tert-OH is 1. The fraction of sp³-hybridized carbons (Fsp3) is 0.250. The molecule has 1 aromatic heterocycles. The van der Waals surface area contributed by atoms with Crippen LogP contribution in [0.1, 0.15) is 47.4 Å². The zero-order valence-corrected chi connectivity index (χ0v) is 16.4. The van der Waals surface area contributed by atoms with Gasteiger partial charge in [0.15, 0.2) is 0 Å². The number of hydrogen-bond acceptors (Lipinski definition) is 3. The van der Waals surface area contributed by atoms with Gasteiger partial charge < -0.3 is 10.0 Å². The van der Waals surface area contributed by atoms with E-state index in [2.05, 4.69) is 11.9 Å². The first-order chi connectivity index (χ1) is 13.6. The normalized spacial score (nSPS) is 11.8. The van der Waals surface area contributed by atoms with Gasteiger partial charge in [-0.2, -0.15) is 0 Å². The second-order valence-electron chi connectivity index (χ2n) is 7.03. The van der Waals surface area contributed by atoms with Crippen molar-refractivity contribution in [1.82, 2.24) is 9.88 Å². The Bertz CT molecular complexity index is 890. The Morgan fingerprint density at radius 1 is 1.04 bits per heavy atom. The molecular formula is C24H26N2O2.